The van der Waals surface area contributed by atoms with Crippen molar-refractivity contribution in [3.63, 3.8) is 0 Å². The molecule has 3 aromatic carbocycles. The number of nitrogens with one attached hydrogen (secondary N) is 8. The number of para-hydroxylation sites is 1. The van der Waals surface area contributed by atoms with Crippen LogP contribution >= 0.6 is 0 Å². The minimum absolute atomic E-state index is 0.00130. The van der Waals surface area contributed by atoms with Gasteiger partial charge in [0.15, 0.2) is 11.6 Å². The maximum Gasteiger partial charge on any atom is 0.305 e. The van der Waals surface area contributed by atoms with E-state index in [2.05, 4.69) is 42.5 Å². The highest BCUT2D eigenvalue weighted by molar-refractivity contribution is 6.42. The number of aromatic nitrogens is 1. The van der Waals surface area contributed by atoms with Gasteiger partial charge in [-0.05, 0) is 131 Å². The molecule has 103 heavy (non-hydrogen) atoms. The Balaban J connectivity index is 1.08. The average Bonchev–Trinajstić information content (AvgIpc) is 1.59. The zero-order valence-electron chi connectivity index (χ0n) is 58.2. The van der Waals surface area contributed by atoms with Crippen molar-refractivity contribution in [3.8, 4) is 5.75 Å². The van der Waals surface area contributed by atoms with Crippen LogP contribution in [0.4, 0.5) is 0 Å². The number of carboxylic acids is 2. The predicted octanol–water partition coefficient (Wildman–Crippen LogP) is -1.44. The van der Waals surface area contributed by atoms with Gasteiger partial charge >= 0.3 is 11.9 Å². The van der Waals surface area contributed by atoms with Crippen molar-refractivity contribution in [2.24, 2.45) is 29.0 Å². The van der Waals surface area contributed by atoms with E-state index in [-0.39, 0.29) is 115 Å². The zero-order chi connectivity index (χ0) is 75.2. The number of Topliss-reactive ketones (excluding diaryl/α,β-unsaturated/α-hetero) is 8. The number of carbonyl (C=O) groups excluding carboxylic acids is 12. The maximum atomic E-state index is 15.3. The number of hydrazine groups is 3. The quantitative estimate of drug-likeness (QED) is 0.0104. The number of amides is 4. The smallest absolute Gasteiger partial charge is 0.305 e. The minimum Gasteiger partial charge on any atom is -0.508 e. The third-order valence-corrected chi connectivity index (χ3v) is 19.1. The standard InChI is InChI=1S/C71H97N15O17/c1-40(2)31-56(67(100)64(97)52(81-75)34-44-37-77-48-16-8-7-15-46(44)48)84-30-26-71(70(84)103)25-12-29-86(71)83-53(33-43-19-21-45(87)22-20-43)65(98)63(96)51(32-42-13-5-4-6-14-42)80-68(101)49(17-9-10-27-72)79-69(102)54(35-59(74)90)82-85-28-11-18-55(85)66(99)62(95)50(36-61(93)94)78-38-57(88)41(3)76-39-58(89)47(73)23-24-60(91)92/h4-8,13-16,19-22,37,40-41,47,49-56,76-78,81-83,87H,9-12,17-18,23-36,38-39,72-73,75H2,1-3H3,(H2,74,90)(H,79,102)(H,80,101)(H,91,92)(H,93,94)/t41-,47-,49-,50-,51-,52-,53-,54-,55-,56-,71-/m0/s1. The van der Waals surface area contributed by atoms with E-state index in [1.54, 1.807) is 53.7 Å². The Labute approximate surface area is 595 Å². The molecule has 3 saturated heterocycles. The molecule has 0 radical (unpaired) electrons. The van der Waals surface area contributed by atoms with Crippen molar-refractivity contribution < 1.29 is 82.4 Å². The highest BCUT2D eigenvalue weighted by Gasteiger charge is 2.57. The van der Waals surface area contributed by atoms with E-state index in [4.69, 9.17) is 28.2 Å². The second-order valence-electron chi connectivity index (χ2n) is 27.1. The second-order valence-corrected chi connectivity index (χ2v) is 27.1. The number of nitrogens with two attached hydrogens (primary N) is 4. The van der Waals surface area contributed by atoms with Crippen molar-refractivity contribution in [1.29, 1.82) is 0 Å². The Hall–Kier alpha value is -9.22. The van der Waals surface area contributed by atoms with Crippen LogP contribution in [-0.4, -0.2) is 222 Å². The van der Waals surface area contributed by atoms with Crippen LogP contribution < -0.4 is 60.6 Å². The summed E-state index contributed by atoms with van der Waals surface area (Å²) in [7, 11) is 0. The van der Waals surface area contributed by atoms with Crippen LogP contribution in [0, 0.1) is 5.92 Å². The lowest BCUT2D eigenvalue weighted by molar-refractivity contribution is -0.149. The third-order valence-electron chi connectivity index (χ3n) is 19.1. The fourth-order valence-corrected chi connectivity index (χ4v) is 13.4. The summed E-state index contributed by atoms with van der Waals surface area (Å²) in [5, 5.41) is 43.2. The van der Waals surface area contributed by atoms with Crippen LogP contribution in [-0.2, 0) is 86.4 Å². The van der Waals surface area contributed by atoms with E-state index >= 15 is 14.4 Å². The number of aliphatic carboxylic acids is 2. The molecule has 7 rings (SSSR count). The topological polar surface area (TPSA) is 513 Å². The number of nitrogens with zero attached hydrogens (tertiary/aromatic N) is 3. The minimum atomic E-state index is -1.74. The molecule has 3 aliphatic heterocycles. The lowest BCUT2D eigenvalue weighted by atomic mass is 9.91. The summed E-state index contributed by atoms with van der Waals surface area (Å²) in [6.45, 7) is 4.50. The number of benzene rings is 3. The largest absolute Gasteiger partial charge is 0.508 e. The van der Waals surface area contributed by atoms with E-state index < -0.39 is 174 Å². The fraction of sp³-hybridized carbons (Fsp3) is 0.521. The molecule has 32 nitrogen and oxygen atoms in total. The number of hydrogen-bond donors (Lipinski definition) is 15. The van der Waals surface area contributed by atoms with Gasteiger partial charge in [0.25, 0.3) is 0 Å². The number of fused-ring (bicyclic) bond motifs is 1. The Morgan fingerprint density at radius 3 is 1.95 bits per heavy atom. The molecule has 558 valence electrons. The summed E-state index contributed by atoms with van der Waals surface area (Å²) in [4.78, 5) is 198. The number of unbranched alkanes of at least 4 members (excludes halogenated alkanes) is 1. The summed E-state index contributed by atoms with van der Waals surface area (Å²) in [6.07, 6.45) is 0.940. The Bertz CT molecular complexity index is 3720. The number of phenolic OH excluding ortho intramolecular Hbond substituents is 1. The number of aromatic amines is 1. The number of carbonyl (C=O) groups is 14. The molecule has 3 fully saturated rings. The van der Waals surface area contributed by atoms with Crippen molar-refractivity contribution >= 4 is 92.7 Å². The van der Waals surface area contributed by atoms with Crippen molar-refractivity contribution in [3.05, 3.63) is 102 Å². The molecule has 0 bridgehead atoms. The lowest BCUT2D eigenvalue weighted by Gasteiger charge is -2.37. The first kappa shape index (κ1) is 81.1. The molecule has 0 unspecified atom stereocenters. The van der Waals surface area contributed by atoms with Crippen LogP contribution in [0.2, 0.25) is 0 Å². The van der Waals surface area contributed by atoms with Crippen molar-refractivity contribution in [2.45, 2.75) is 189 Å². The van der Waals surface area contributed by atoms with Gasteiger partial charge in [-0.1, -0.05) is 74.5 Å². The van der Waals surface area contributed by atoms with Gasteiger partial charge in [0.1, 0.15) is 23.4 Å². The number of carboxylic acid groups (broad SMARTS) is 2. The fourth-order valence-electron chi connectivity index (χ4n) is 13.4. The Morgan fingerprint density at radius 1 is 0.641 bits per heavy atom. The molecule has 3 aliphatic rings. The van der Waals surface area contributed by atoms with Crippen LogP contribution in [0.15, 0.2) is 85.1 Å². The monoisotopic (exact) mass is 1430 g/mol. The molecule has 0 aliphatic carbocycles. The highest BCUT2D eigenvalue weighted by atomic mass is 16.4. The summed E-state index contributed by atoms with van der Waals surface area (Å²) in [6, 6.07) is 8.05. The Morgan fingerprint density at radius 2 is 1.28 bits per heavy atom. The second kappa shape index (κ2) is 38.3. The van der Waals surface area contributed by atoms with Gasteiger partial charge < -0.3 is 58.4 Å². The van der Waals surface area contributed by atoms with Crippen molar-refractivity contribution in [1.82, 2.24) is 57.4 Å². The van der Waals surface area contributed by atoms with Crippen LogP contribution in [0.3, 0.4) is 0 Å². The molecule has 0 saturated carbocycles. The molecule has 4 aromatic rings. The van der Waals surface area contributed by atoms with E-state index in [1.807, 2.05) is 38.1 Å². The predicted molar refractivity (Wildman–Crippen MR) is 374 cm³/mol. The summed E-state index contributed by atoms with van der Waals surface area (Å²) >= 11 is 0. The van der Waals surface area contributed by atoms with E-state index in [0.717, 1.165) is 16.5 Å². The van der Waals surface area contributed by atoms with E-state index in [9.17, 15) is 63.0 Å². The molecule has 19 N–H and O–H groups in total. The van der Waals surface area contributed by atoms with Crippen LogP contribution in [0.5, 0.6) is 5.75 Å². The number of H-pyrrole nitrogens is 1. The number of hydrogen-bond acceptors (Lipinski definition) is 25. The molecule has 1 aromatic heterocycles. The highest BCUT2D eigenvalue weighted by Crippen LogP contribution is 2.40. The summed E-state index contributed by atoms with van der Waals surface area (Å²) < 4.78 is 0. The zero-order valence-corrected chi connectivity index (χ0v) is 58.2. The molecule has 4 amide bonds. The molecule has 1 spiro atoms. The van der Waals surface area contributed by atoms with Gasteiger partial charge in [0.05, 0.1) is 74.3 Å². The number of likely N-dealkylation sites (tertiary alicyclic amines) is 1. The third kappa shape index (κ3) is 22.2. The molecule has 32 heteroatoms. The van der Waals surface area contributed by atoms with Crippen LogP contribution in [0.1, 0.15) is 121 Å². The van der Waals surface area contributed by atoms with Gasteiger partial charge in [-0.2, -0.15) is 0 Å². The number of ketones is 8. The SMILES string of the molecule is CC(C)C[C@@H](C(=O)C(=O)[C@H](Cc1c[nH]c2ccccc12)NN)N1CC[C@@]2(CCCN2N[C@@H](Cc2ccc(O)cc2)C(=O)C(=O)[C@H](Cc2ccccc2)NC(=O)[C@H](CCCCN)NC(=O)[C@H](CC(N)=O)NN2CCC[C@H]2C(=O)C(=O)[C@H](CC(=O)O)NCC(=O)[C@H](C)NCC(=O)[C@@H](N)CCC(=O)O)C1=O. The number of rotatable bonds is 46. The van der Waals surface area contributed by atoms with Gasteiger partial charge in [-0.15, -0.1) is 0 Å². The average molecular weight is 1430 g/mol. The van der Waals surface area contributed by atoms with Gasteiger partial charge in [0, 0.05) is 49.6 Å². The molecular weight excluding hydrogens is 1330 g/mol. The van der Waals surface area contributed by atoms with Gasteiger partial charge in [-0.3, -0.25) is 78.3 Å². The molecular formula is C71H97N15O17. The Kier molecular flexibility index (Phi) is 30.2. The number of aromatic hydroxyl groups is 1. The number of phenols is 1. The first-order chi connectivity index (χ1) is 49.0. The van der Waals surface area contributed by atoms with Crippen LogP contribution in [0.25, 0.3) is 10.9 Å². The molecule has 4 heterocycles. The van der Waals surface area contributed by atoms with Crippen molar-refractivity contribution in [2.75, 3.05) is 39.3 Å². The molecule has 11 atom stereocenters. The maximum absolute atomic E-state index is 15.3. The number of primary amides is 1. The van der Waals surface area contributed by atoms with Gasteiger partial charge in [0.2, 0.25) is 58.3 Å². The lowest BCUT2D eigenvalue weighted by Crippen LogP contribution is -2.63. The first-order valence-electron chi connectivity index (χ1n) is 34.8. The summed E-state index contributed by atoms with van der Waals surface area (Å²) in [5.41, 5.74) is 27.1. The van der Waals surface area contributed by atoms with Gasteiger partial charge in [-0.25, -0.2) is 26.3 Å². The normalized spacial score (nSPS) is 18.9. The first-order valence-corrected chi connectivity index (χ1v) is 34.8. The summed E-state index contributed by atoms with van der Waals surface area (Å²) in [5.74, 6) is -7.65. The van der Waals surface area contributed by atoms with E-state index in [0.29, 0.717) is 24.0 Å². The van der Waals surface area contributed by atoms with E-state index in [1.165, 1.54) is 29.0 Å².